The van der Waals surface area contributed by atoms with E-state index in [1.807, 2.05) is 0 Å². The maximum atomic E-state index is 12.8. The van der Waals surface area contributed by atoms with E-state index in [-0.39, 0.29) is 5.56 Å². The Bertz CT molecular complexity index is 759. The van der Waals surface area contributed by atoms with Crippen LogP contribution in [0.2, 0.25) is 0 Å². The molecule has 0 aliphatic carbocycles. The van der Waals surface area contributed by atoms with Crippen molar-refractivity contribution < 1.29 is 27.4 Å². The standard InChI is InChI=1S/C18H18F3NO3/c1-11(15-10-14(24-2)7-8-16(15)25-3)22-17(23)12-5-4-6-13(9-12)18(19,20)21/h4-11H,1-3H3,(H,22,23)/t11-/m1/s1. The van der Waals surface area contributed by atoms with Gasteiger partial charge in [-0.1, -0.05) is 6.07 Å². The SMILES string of the molecule is COc1ccc(OC)c([C@@H](C)NC(=O)c2cccc(C(F)(F)F)c2)c1. The molecule has 1 N–H and O–H groups in total. The molecule has 0 spiro atoms. The van der Waals surface area contributed by atoms with Gasteiger partial charge in [-0.25, -0.2) is 0 Å². The van der Waals surface area contributed by atoms with Crippen LogP contribution in [-0.4, -0.2) is 20.1 Å². The summed E-state index contributed by atoms with van der Waals surface area (Å²) >= 11 is 0. The second-order valence-electron chi connectivity index (χ2n) is 5.38. The molecular formula is C18H18F3NO3. The smallest absolute Gasteiger partial charge is 0.416 e. The molecule has 134 valence electrons. The Balaban J connectivity index is 2.23. The van der Waals surface area contributed by atoms with Crippen molar-refractivity contribution in [3.8, 4) is 11.5 Å². The minimum absolute atomic E-state index is 0.0662. The summed E-state index contributed by atoms with van der Waals surface area (Å²) in [6, 6.07) is 8.90. The Hall–Kier alpha value is -2.70. The van der Waals surface area contributed by atoms with Crippen LogP contribution in [0.3, 0.4) is 0 Å². The maximum absolute atomic E-state index is 12.8. The lowest BCUT2D eigenvalue weighted by Gasteiger charge is -2.18. The molecule has 0 saturated carbocycles. The van der Waals surface area contributed by atoms with E-state index in [0.717, 1.165) is 12.1 Å². The van der Waals surface area contributed by atoms with Crippen LogP contribution in [-0.2, 0) is 6.18 Å². The van der Waals surface area contributed by atoms with Crippen molar-refractivity contribution in [3.63, 3.8) is 0 Å². The minimum atomic E-state index is -4.50. The van der Waals surface area contributed by atoms with Gasteiger partial charge in [0, 0.05) is 11.1 Å². The van der Waals surface area contributed by atoms with E-state index < -0.39 is 23.7 Å². The summed E-state index contributed by atoms with van der Waals surface area (Å²) in [6.07, 6.45) is -4.50. The van der Waals surface area contributed by atoms with Gasteiger partial charge >= 0.3 is 6.18 Å². The quantitative estimate of drug-likeness (QED) is 0.876. The molecule has 2 aromatic rings. The normalized spacial score (nSPS) is 12.4. The van der Waals surface area contributed by atoms with Crippen LogP contribution in [0.1, 0.15) is 34.5 Å². The first kappa shape index (κ1) is 18.6. The Morgan fingerprint density at radius 1 is 1.08 bits per heavy atom. The number of carbonyl (C=O) groups is 1. The van der Waals surface area contributed by atoms with Gasteiger partial charge in [-0.3, -0.25) is 4.79 Å². The first-order chi connectivity index (χ1) is 11.8. The number of nitrogens with one attached hydrogen (secondary N) is 1. The molecule has 0 aromatic heterocycles. The van der Waals surface area contributed by atoms with Gasteiger partial charge in [-0.05, 0) is 43.3 Å². The molecule has 7 heteroatoms. The molecule has 0 aliphatic rings. The topological polar surface area (TPSA) is 47.6 Å². The summed E-state index contributed by atoms with van der Waals surface area (Å²) in [5, 5.41) is 2.68. The van der Waals surface area contributed by atoms with Gasteiger partial charge in [0.25, 0.3) is 5.91 Å². The Morgan fingerprint density at radius 3 is 2.40 bits per heavy atom. The van der Waals surface area contributed by atoms with Crippen LogP contribution < -0.4 is 14.8 Å². The van der Waals surface area contributed by atoms with Crippen molar-refractivity contribution in [3.05, 3.63) is 59.2 Å². The summed E-state index contributed by atoms with van der Waals surface area (Å²) in [5.41, 5.74) is -0.280. The molecule has 0 bridgehead atoms. The van der Waals surface area contributed by atoms with Crippen LogP contribution >= 0.6 is 0 Å². The predicted octanol–water partition coefficient (Wildman–Crippen LogP) is 4.21. The molecule has 1 atom stereocenters. The minimum Gasteiger partial charge on any atom is -0.497 e. The number of ether oxygens (including phenoxy) is 2. The third kappa shape index (κ3) is 4.43. The molecule has 2 rings (SSSR count). The molecule has 0 fully saturated rings. The number of alkyl halides is 3. The highest BCUT2D eigenvalue weighted by Gasteiger charge is 2.31. The molecule has 25 heavy (non-hydrogen) atoms. The molecule has 1 amide bonds. The fraction of sp³-hybridized carbons (Fsp3) is 0.278. The van der Waals surface area contributed by atoms with E-state index in [1.165, 1.54) is 26.4 Å². The van der Waals surface area contributed by atoms with Gasteiger partial charge in [-0.15, -0.1) is 0 Å². The van der Waals surface area contributed by atoms with Crippen molar-refractivity contribution in [1.29, 1.82) is 0 Å². The van der Waals surface area contributed by atoms with E-state index in [0.29, 0.717) is 17.1 Å². The molecule has 0 heterocycles. The highest BCUT2D eigenvalue weighted by molar-refractivity contribution is 5.94. The number of carbonyl (C=O) groups excluding carboxylic acids is 1. The summed E-state index contributed by atoms with van der Waals surface area (Å²) < 4.78 is 48.8. The fourth-order valence-electron chi connectivity index (χ4n) is 2.37. The van der Waals surface area contributed by atoms with Gasteiger partial charge < -0.3 is 14.8 Å². The van der Waals surface area contributed by atoms with Crippen molar-refractivity contribution in [2.75, 3.05) is 14.2 Å². The average Bonchev–Trinajstić information content (AvgIpc) is 2.60. The van der Waals surface area contributed by atoms with Crippen LogP contribution in [0.4, 0.5) is 13.2 Å². The van der Waals surface area contributed by atoms with E-state index in [1.54, 1.807) is 25.1 Å². The van der Waals surface area contributed by atoms with Gasteiger partial charge in [0.15, 0.2) is 0 Å². The highest BCUT2D eigenvalue weighted by Crippen LogP contribution is 2.31. The number of benzene rings is 2. The largest absolute Gasteiger partial charge is 0.497 e. The van der Waals surface area contributed by atoms with Gasteiger partial charge in [0.1, 0.15) is 11.5 Å². The molecular weight excluding hydrogens is 335 g/mol. The second kappa shape index (κ2) is 7.46. The number of hydrogen-bond acceptors (Lipinski definition) is 3. The third-order valence-electron chi connectivity index (χ3n) is 3.70. The number of amides is 1. The van der Waals surface area contributed by atoms with Crippen LogP contribution in [0.5, 0.6) is 11.5 Å². The average molecular weight is 353 g/mol. The van der Waals surface area contributed by atoms with Crippen molar-refractivity contribution >= 4 is 5.91 Å². The highest BCUT2D eigenvalue weighted by atomic mass is 19.4. The molecule has 2 aromatic carbocycles. The van der Waals surface area contributed by atoms with Crippen LogP contribution in [0, 0.1) is 0 Å². The Morgan fingerprint density at radius 2 is 1.80 bits per heavy atom. The first-order valence-corrected chi connectivity index (χ1v) is 7.46. The van der Waals surface area contributed by atoms with Gasteiger partial charge in [0.2, 0.25) is 0 Å². The number of rotatable bonds is 5. The number of hydrogen-bond donors (Lipinski definition) is 1. The van der Waals surface area contributed by atoms with Gasteiger partial charge in [0.05, 0.1) is 25.8 Å². The van der Waals surface area contributed by atoms with Crippen LogP contribution in [0.15, 0.2) is 42.5 Å². The molecule has 0 unspecified atom stereocenters. The maximum Gasteiger partial charge on any atom is 0.416 e. The fourth-order valence-corrected chi connectivity index (χ4v) is 2.37. The third-order valence-corrected chi connectivity index (χ3v) is 3.70. The summed E-state index contributed by atoms with van der Waals surface area (Å²) in [5.74, 6) is 0.511. The summed E-state index contributed by atoms with van der Waals surface area (Å²) in [4.78, 5) is 12.3. The lowest BCUT2D eigenvalue weighted by Crippen LogP contribution is -2.27. The van der Waals surface area contributed by atoms with E-state index in [4.69, 9.17) is 9.47 Å². The monoisotopic (exact) mass is 353 g/mol. The number of methoxy groups -OCH3 is 2. The summed E-state index contributed by atoms with van der Waals surface area (Å²) in [7, 11) is 3.00. The zero-order valence-corrected chi connectivity index (χ0v) is 14.0. The Kier molecular flexibility index (Phi) is 5.56. The van der Waals surface area contributed by atoms with E-state index >= 15 is 0 Å². The van der Waals surface area contributed by atoms with Gasteiger partial charge in [-0.2, -0.15) is 13.2 Å². The zero-order valence-electron chi connectivity index (χ0n) is 14.0. The molecule has 4 nitrogen and oxygen atoms in total. The van der Waals surface area contributed by atoms with Crippen LogP contribution in [0.25, 0.3) is 0 Å². The lowest BCUT2D eigenvalue weighted by molar-refractivity contribution is -0.137. The molecule has 0 radical (unpaired) electrons. The molecule has 0 saturated heterocycles. The van der Waals surface area contributed by atoms with Crippen molar-refractivity contribution in [2.24, 2.45) is 0 Å². The Labute approximate surface area is 143 Å². The second-order valence-corrected chi connectivity index (χ2v) is 5.38. The predicted molar refractivity (Wildman–Crippen MR) is 86.9 cm³/mol. The van der Waals surface area contributed by atoms with Crippen molar-refractivity contribution in [2.45, 2.75) is 19.1 Å². The first-order valence-electron chi connectivity index (χ1n) is 7.46. The lowest BCUT2D eigenvalue weighted by atomic mass is 10.1. The van der Waals surface area contributed by atoms with Crippen molar-refractivity contribution in [1.82, 2.24) is 5.32 Å². The molecule has 0 aliphatic heterocycles. The van der Waals surface area contributed by atoms with E-state index in [9.17, 15) is 18.0 Å². The summed E-state index contributed by atoms with van der Waals surface area (Å²) in [6.45, 7) is 1.71. The number of halogens is 3. The zero-order chi connectivity index (χ0) is 18.6. The van der Waals surface area contributed by atoms with E-state index in [2.05, 4.69) is 5.32 Å².